The number of imidazole rings is 1. The standard InChI is InChI=1S/C28H30BrN3O/c1-20-11-12-21(2)23(18-20)19-32-26-9-6-5-8-25(26)31-27(32)10-4-3-7-17-30-28(33)22-13-15-24(29)16-14-22/h5-6,8-9,11-16,18H,3-4,7,10,17,19H2,1-2H3,(H,30,33). The molecule has 0 saturated carbocycles. The van der Waals surface area contributed by atoms with E-state index >= 15 is 0 Å². The normalized spacial score (nSPS) is 11.1. The number of carbonyl (C=O) groups is 1. The lowest BCUT2D eigenvalue weighted by Crippen LogP contribution is -2.24. The fourth-order valence-electron chi connectivity index (χ4n) is 4.12. The lowest BCUT2D eigenvalue weighted by atomic mass is 10.1. The minimum absolute atomic E-state index is 0.0159. The van der Waals surface area contributed by atoms with E-state index in [1.165, 1.54) is 22.2 Å². The Morgan fingerprint density at radius 2 is 1.76 bits per heavy atom. The zero-order valence-electron chi connectivity index (χ0n) is 19.3. The highest BCUT2D eigenvalue weighted by Crippen LogP contribution is 2.21. The molecule has 0 radical (unpaired) electrons. The smallest absolute Gasteiger partial charge is 0.251 e. The van der Waals surface area contributed by atoms with Gasteiger partial charge in [-0.2, -0.15) is 0 Å². The van der Waals surface area contributed by atoms with Gasteiger partial charge in [0.2, 0.25) is 0 Å². The van der Waals surface area contributed by atoms with Crippen LogP contribution in [0.2, 0.25) is 0 Å². The number of nitrogens with one attached hydrogen (secondary N) is 1. The third-order valence-electron chi connectivity index (χ3n) is 6.04. The second kappa shape index (κ2) is 10.8. The highest BCUT2D eigenvalue weighted by atomic mass is 79.9. The van der Waals surface area contributed by atoms with Gasteiger partial charge in [0.1, 0.15) is 5.82 Å². The van der Waals surface area contributed by atoms with Crippen LogP contribution in [0.3, 0.4) is 0 Å². The summed E-state index contributed by atoms with van der Waals surface area (Å²) in [7, 11) is 0. The average molecular weight is 504 g/mol. The summed E-state index contributed by atoms with van der Waals surface area (Å²) in [6.07, 6.45) is 3.98. The average Bonchev–Trinajstić information content (AvgIpc) is 3.16. The van der Waals surface area contributed by atoms with E-state index in [0.717, 1.165) is 48.0 Å². The number of halogens is 1. The van der Waals surface area contributed by atoms with Gasteiger partial charge in [-0.25, -0.2) is 4.98 Å². The third-order valence-corrected chi connectivity index (χ3v) is 6.56. The Labute approximate surface area is 204 Å². The van der Waals surface area contributed by atoms with Gasteiger partial charge in [0.25, 0.3) is 5.91 Å². The van der Waals surface area contributed by atoms with Crippen LogP contribution in [0.1, 0.15) is 52.1 Å². The van der Waals surface area contributed by atoms with Gasteiger partial charge < -0.3 is 9.88 Å². The van der Waals surface area contributed by atoms with Crippen LogP contribution >= 0.6 is 15.9 Å². The number of unbranched alkanes of at least 4 members (excludes halogenated alkanes) is 2. The maximum absolute atomic E-state index is 12.2. The van der Waals surface area contributed by atoms with Crippen molar-refractivity contribution < 1.29 is 4.79 Å². The van der Waals surface area contributed by atoms with E-state index in [1.807, 2.05) is 24.3 Å². The second-order valence-corrected chi connectivity index (χ2v) is 9.52. The summed E-state index contributed by atoms with van der Waals surface area (Å²) in [6.45, 7) is 5.85. The van der Waals surface area contributed by atoms with Crippen molar-refractivity contribution in [2.75, 3.05) is 6.54 Å². The minimum Gasteiger partial charge on any atom is -0.352 e. The van der Waals surface area contributed by atoms with Crippen LogP contribution in [-0.4, -0.2) is 22.0 Å². The van der Waals surface area contributed by atoms with Crippen molar-refractivity contribution >= 4 is 32.9 Å². The SMILES string of the molecule is Cc1ccc(C)c(Cn2c(CCCCCNC(=O)c3ccc(Br)cc3)nc3ccccc32)c1. The number of para-hydroxylation sites is 2. The number of rotatable bonds is 9. The van der Waals surface area contributed by atoms with Crippen LogP contribution < -0.4 is 5.32 Å². The molecule has 0 spiro atoms. The van der Waals surface area contributed by atoms with Crippen LogP contribution in [-0.2, 0) is 13.0 Å². The molecule has 1 N–H and O–H groups in total. The number of carbonyl (C=O) groups excluding carboxylic acids is 1. The first-order valence-electron chi connectivity index (χ1n) is 11.6. The van der Waals surface area contributed by atoms with Gasteiger partial charge in [0.15, 0.2) is 0 Å². The number of aryl methyl sites for hydroxylation is 3. The topological polar surface area (TPSA) is 46.9 Å². The number of aromatic nitrogens is 2. The van der Waals surface area contributed by atoms with E-state index < -0.39 is 0 Å². The van der Waals surface area contributed by atoms with Gasteiger partial charge in [-0.1, -0.05) is 58.2 Å². The maximum atomic E-state index is 12.2. The fourth-order valence-corrected chi connectivity index (χ4v) is 4.39. The first kappa shape index (κ1) is 23.2. The first-order valence-corrected chi connectivity index (χ1v) is 12.3. The predicted octanol–water partition coefficient (Wildman–Crippen LogP) is 6.61. The molecule has 0 saturated heterocycles. The molecule has 4 aromatic rings. The molecule has 1 aromatic heterocycles. The molecule has 0 bridgehead atoms. The molecule has 33 heavy (non-hydrogen) atoms. The van der Waals surface area contributed by atoms with Crippen molar-refractivity contribution in [3.63, 3.8) is 0 Å². The van der Waals surface area contributed by atoms with Crippen molar-refractivity contribution in [1.29, 1.82) is 0 Å². The Morgan fingerprint density at radius 3 is 2.58 bits per heavy atom. The first-order chi connectivity index (χ1) is 16.0. The zero-order valence-corrected chi connectivity index (χ0v) is 20.9. The fraction of sp³-hybridized carbons (Fsp3) is 0.286. The molecular formula is C28H30BrN3O. The molecule has 3 aromatic carbocycles. The Morgan fingerprint density at radius 1 is 0.970 bits per heavy atom. The summed E-state index contributed by atoms with van der Waals surface area (Å²) in [5.41, 5.74) is 6.88. The summed E-state index contributed by atoms with van der Waals surface area (Å²) in [6, 6.07) is 22.5. The summed E-state index contributed by atoms with van der Waals surface area (Å²) in [5.74, 6) is 1.12. The number of benzene rings is 3. The van der Waals surface area contributed by atoms with Crippen molar-refractivity contribution in [3.8, 4) is 0 Å². The molecule has 1 amide bonds. The highest BCUT2D eigenvalue weighted by Gasteiger charge is 2.12. The van der Waals surface area contributed by atoms with Crippen molar-refractivity contribution in [1.82, 2.24) is 14.9 Å². The van der Waals surface area contributed by atoms with Crippen molar-refractivity contribution in [2.45, 2.75) is 46.1 Å². The zero-order chi connectivity index (χ0) is 23.2. The molecule has 0 aliphatic carbocycles. The summed E-state index contributed by atoms with van der Waals surface area (Å²) in [5, 5.41) is 3.02. The monoisotopic (exact) mass is 503 g/mol. The molecule has 0 atom stereocenters. The summed E-state index contributed by atoms with van der Waals surface area (Å²) < 4.78 is 3.34. The van der Waals surface area contributed by atoms with E-state index in [2.05, 4.69) is 82.1 Å². The van der Waals surface area contributed by atoms with Crippen molar-refractivity contribution in [2.24, 2.45) is 0 Å². The molecule has 0 unspecified atom stereocenters. The van der Waals surface area contributed by atoms with Gasteiger partial charge in [-0.15, -0.1) is 0 Å². The second-order valence-electron chi connectivity index (χ2n) is 8.61. The van der Waals surface area contributed by atoms with Crippen LogP contribution in [0, 0.1) is 13.8 Å². The molecule has 0 aliphatic heterocycles. The molecule has 170 valence electrons. The Hall–Kier alpha value is -2.92. The van der Waals surface area contributed by atoms with E-state index in [1.54, 1.807) is 0 Å². The van der Waals surface area contributed by atoms with Gasteiger partial charge in [-0.05, 0) is 74.2 Å². The molecule has 4 rings (SSSR count). The number of amides is 1. The molecule has 0 fully saturated rings. The number of hydrogen-bond donors (Lipinski definition) is 1. The largest absolute Gasteiger partial charge is 0.352 e. The summed E-state index contributed by atoms with van der Waals surface area (Å²) in [4.78, 5) is 17.2. The van der Waals surface area contributed by atoms with Gasteiger partial charge in [-0.3, -0.25) is 4.79 Å². The third kappa shape index (κ3) is 5.91. The van der Waals surface area contributed by atoms with Gasteiger partial charge in [0.05, 0.1) is 11.0 Å². The summed E-state index contributed by atoms with van der Waals surface area (Å²) >= 11 is 3.40. The highest BCUT2D eigenvalue weighted by molar-refractivity contribution is 9.10. The lowest BCUT2D eigenvalue weighted by molar-refractivity contribution is 0.0953. The molecule has 0 aliphatic rings. The van der Waals surface area contributed by atoms with Gasteiger partial charge >= 0.3 is 0 Å². The molecule has 4 nitrogen and oxygen atoms in total. The van der Waals surface area contributed by atoms with Gasteiger partial charge in [0, 0.05) is 29.5 Å². The van der Waals surface area contributed by atoms with E-state index in [0.29, 0.717) is 12.1 Å². The number of fused-ring (bicyclic) bond motifs is 1. The van der Waals surface area contributed by atoms with E-state index in [9.17, 15) is 4.79 Å². The van der Waals surface area contributed by atoms with E-state index in [4.69, 9.17) is 4.98 Å². The predicted molar refractivity (Wildman–Crippen MR) is 139 cm³/mol. The molecule has 1 heterocycles. The Bertz CT molecular complexity index is 1240. The van der Waals surface area contributed by atoms with Crippen molar-refractivity contribution in [3.05, 3.63) is 99.3 Å². The maximum Gasteiger partial charge on any atom is 0.251 e. The van der Waals surface area contributed by atoms with Crippen LogP contribution in [0.4, 0.5) is 0 Å². The minimum atomic E-state index is -0.0159. The lowest BCUT2D eigenvalue weighted by Gasteiger charge is -2.12. The Kier molecular flexibility index (Phi) is 7.61. The van der Waals surface area contributed by atoms with Crippen LogP contribution in [0.25, 0.3) is 11.0 Å². The molecular weight excluding hydrogens is 474 g/mol. The van der Waals surface area contributed by atoms with Crippen LogP contribution in [0.15, 0.2) is 71.2 Å². The van der Waals surface area contributed by atoms with E-state index in [-0.39, 0.29) is 5.91 Å². The Balaban J connectivity index is 1.35. The molecule has 5 heteroatoms. The van der Waals surface area contributed by atoms with Crippen LogP contribution in [0.5, 0.6) is 0 Å². The number of nitrogens with zero attached hydrogens (tertiary/aromatic N) is 2. The number of hydrogen-bond acceptors (Lipinski definition) is 2. The quantitative estimate of drug-likeness (QED) is 0.261.